The fraction of sp³-hybridized carbons (Fsp3) is 0. The van der Waals surface area contributed by atoms with Crippen LogP contribution in [0.2, 0.25) is 0 Å². The fourth-order valence-corrected chi connectivity index (χ4v) is 9.48. The van der Waals surface area contributed by atoms with Crippen molar-refractivity contribution in [1.82, 2.24) is 4.57 Å². The molecule has 3 heteroatoms. The van der Waals surface area contributed by atoms with Crippen molar-refractivity contribution in [3.05, 3.63) is 243 Å². The van der Waals surface area contributed by atoms with Gasteiger partial charge in [0.15, 0.2) is 0 Å². The standard InChI is InChI=1S/C60H40N2O/c1-2-17-41(18-3-1)42-19-12-20-43(37-42)44-21-13-24-47(38-44)61(49-26-15-23-46(40-49)51-31-16-32-55-54-30-7-11-36-59(54)63-60(51)55)48-25-14-22-45(39-48)50-27-4-8-33-56(50)62-57-34-9-5-28-52(57)53-29-6-10-35-58(53)62/h1-40H. The molecule has 10 aromatic carbocycles. The van der Waals surface area contributed by atoms with Crippen LogP contribution in [-0.4, -0.2) is 4.57 Å². The van der Waals surface area contributed by atoms with Gasteiger partial charge in [0, 0.05) is 49.7 Å². The van der Waals surface area contributed by atoms with Crippen LogP contribution in [0.25, 0.3) is 93.9 Å². The molecule has 0 atom stereocenters. The van der Waals surface area contributed by atoms with Crippen LogP contribution < -0.4 is 4.90 Å². The lowest BCUT2D eigenvalue weighted by molar-refractivity contribution is 0.670. The minimum atomic E-state index is 0.892. The number of nitrogens with zero attached hydrogens (tertiary/aromatic N) is 2. The van der Waals surface area contributed by atoms with Crippen LogP contribution >= 0.6 is 0 Å². The molecule has 0 N–H and O–H groups in total. The van der Waals surface area contributed by atoms with E-state index in [1.807, 2.05) is 12.1 Å². The number of rotatable bonds is 8. The van der Waals surface area contributed by atoms with Gasteiger partial charge >= 0.3 is 0 Å². The zero-order chi connectivity index (χ0) is 41.7. The topological polar surface area (TPSA) is 21.3 Å². The Morgan fingerprint density at radius 1 is 0.302 bits per heavy atom. The Balaban J connectivity index is 1.03. The molecule has 0 aliphatic heterocycles. The van der Waals surface area contributed by atoms with E-state index in [1.54, 1.807) is 0 Å². The van der Waals surface area contributed by atoms with Crippen LogP contribution in [0.1, 0.15) is 0 Å². The molecular weight excluding hydrogens is 765 g/mol. The summed E-state index contributed by atoms with van der Waals surface area (Å²) in [5.74, 6) is 0. The van der Waals surface area contributed by atoms with Gasteiger partial charge in [-0.05, 0) is 100 Å². The molecule has 2 heterocycles. The fourth-order valence-electron chi connectivity index (χ4n) is 9.48. The summed E-state index contributed by atoms with van der Waals surface area (Å²) in [6, 6.07) is 87.1. The Kier molecular flexibility index (Phi) is 8.83. The van der Waals surface area contributed by atoms with E-state index >= 15 is 0 Å². The molecule has 2 aromatic heterocycles. The van der Waals surface area contributed by atoms with Crippen LogP contribution in [0, 0.1) is 0 Å². The third-order valence-corrected chi connectivity index (χ3v) is 12.4. The SMILES string of the molecule is c1ccc(-c2cccc(-c3cccc(N(c4cccc(-c5ccccc5-n5c6ccccc6c6ccccc65)c4)c4cccc(-c5cccc6c5oc5ccccc56)c4)c3)c2)cc1. The Morgan fingerprint density at radius 2 is 0.746 bits per heavy atom. The number of hydrogen-bond acceptors (Lipinski definition) is 2. The third kappa shape index (κ3) is 6.38. The third-order valence-electron chi connectivity index (χ3n) is 12.4. The first-order valence-electron chi connectivity index (χ1n) is 21.5. The van der Waals surface area contributed by atoms with Gasteiger partial charge in [0.05, 0.1) is 16.7 Å². The first-order valence-corrected chi connectivity index (χ1v) is 21.5. The molecule has 0 amide bonds. The van der Waals surface area contributed by atoms with E-state index in [-0.39, 0.29) is 0 Å². The lowest BCUT2D eigenvalue weighted by Gasteiger charge is -2.27. The average Bonchev–Trinajstić information content (AvgIpc) is 3.91. The van der Waals surface area contributed by atoms with Crippen LogP contribution in [0.3, 0.4) is 0 Å². The Morgan fingerprint density at radius 3 is 1.44 bits per heavy atom. The molecule has 0 bridgehead atoms. The van der Waals surface area contributed by atoms with E-state index < -0.39 is 0 Å². The van der Waals surface area contributed by atoms with Gasteiger partial charge in [0.2, 0.25) is 0 Å². The summed E-state index contributed by atoms with van der Waals surface area (Å²) in [5, 5.41) is 4.73. The lowest BCUT2D eigenvalue weighted by Crippen LogP contribution is -2.10. The molecule has 0 radical (unpaired) electrons. The van der Waals surface area contributed by atoms with Crippen molar-refractivity contribution in [1.29, 1.82) is 0 Å². The van der Waals surface area contributed by atoms with E-state index in [2.05, 4.69) is 240 Å². The number of benzene rings is 10. The van der Waals surface area contributed by atoms with E-state index in [9.17, 15) is 0 Å². The zero-order valence-electron chi connectivity index (χ0n) is 34.4. The second-order valence-corrected chi connectivity index (χ2v) is 16.1. The first kappa shape index (κ1) is 36.5. The monoisotopic (exact) mass is 804 g/mol. The highest BCUT2D eigenvalue weighted by atomic mass is 16.3. The number of furan rings is 1. The van der Waals surface area contributed by atoms with Gasteiger partial charge in [-0.3, -0.25) is 0 Å². The number of fused-ring (bicyclic) bond motifs is 6. The molecule has 0 spiro atoms. The number of para-hydroxylation sites is 5. The van der Waals surface area contributed by atoms with Crippen molar-refractivity contribution in [3.8, 4) is 50.2 Å². The lowest BCUT2D eigenvalue weighted by atomic mass is 9.98. The predicted molar refractivity (Wildman–Crippen MR) is 264 cm³/mol. The van der Waals surface area contributed by atoms with E-state index in [0.29, 0.717) is 0 Å². The summed E-state index contributed by atoms with van der Waals surface area (Å²) < 4.78 is 8.97. The molecular formula is C60H40N2O. The number of aromatic nitrogens is 1. The zero-order valence-corrected chi connectivity index (χ0v) is 34.4. The van der Waals surface area contributed by atoms with E-state index in [0.717, 1.165) is 78.1 Å². The van der Waals surface area contributed by atoms with Crippen molar-refractivity contribution in [2.45, 2.75) is 0 Å². The molecule has 12 aromatic rings. The van der Waals surface area contributed by atoms with Crippen LogP contribution in [-0.2, 0) is 0 Å². The smallest absolute Gasteiger partial charge is 0.143 e. The molecule has 0 saturated carbocycles. The van der Waals surface area contributed by atoms with Crippen molar-refractivity contribution in [3.63, 3.8) is 0 Å². The maximum Gasteiger partial charge on any atom is 0.143 e. The predicted octanol–water partition coefficient (Wildman–Crippen LogP) is 16.8. The summed E-state index contributed by atoms with van der Waals surface area (Å²) in [6.45, 7) is 0. The van der Waals surface area contributed by atoms with E-state index in [4.69, 9.17) is 4.42 Å². The number of hydrogen-bond donors (Lipinski definition) is 0. The molecule has 12 rings (SSSR count). The van der Waals surface area contributed by atoms with Crippen molar-refractivity contribution in [2.75, 3.05) is 4.90 Å². The summed E-state index contributed by atoms with van der Waals surface area (Å²) in [4.78, 5) is 2.39. The highest BCUT2D eigenvalue weighted by Crippen LogP contribution is 2.43. The van der Waals surface area contributed by atoms with Gasteiger partial charge in [-0.1, -0.05) is 176 Å². The van der Waals surface area contributed by atoms with Gasteiger partial charge in [0.25, 0.3) is 0 Å². The van der Waals surface area contributed by atoms with Gasteiger partial charge < -0.3 is 13.9 Å². The second kappa shape index (κ2) is 15.3. The van der Waals surface area contributed by atoms with Crippen LogP contribution in [0.4, 0.5) is 17.1 Å². The largest absolute Gasteiger partial charge is 0.455 e. The minimum Gasteiger partial charge on any atom is -0.455 e. The summed E-state index contributed by atoms with van der Waals surface area (Å²) in [6.07, 6.45) is 0. The average molecular weight is 805 g/mol. The number of anilines is 3. The molecule has 3 nitrogen and oxygen atoms in total. The maximum atomic E-state index is 6.56. The normalized spacial score (nSPS) is 11.5. The summed E-state index contributed by atoms with van der Waals surface area (Å²) in [5.41, 5.74) is 17.6. The molecule has 63 heavy (non-hydrogen) atoms. The molecule has 0 saturated heterocycles. The highest BCUT2D eigenvalue weighted by molar-refractivity contribution is 6.11. The Hall–Kier alpha value is -8.40. The van der Waals surface area contributed by atoms with Crippen molar-refractivity contribution in [2.24, 2.45) is 0 Å². The summed E-state index contributed by atoms with van der Waals surface area (Å²) >= 11 is 0. The molecule has 0 aliphatic rings. The van der Waals surface area contributed by atoms with Gasteiger partial charge in [-0.25, -0.2) is 0 Å². The van der Waals surface area contributed by atoms with Crippen LogP contribution in [0.15, 0.2) is 247 Å². The molecule has 296 valence electrons. The Bertz CT molecular complexity index is 3600. The Labute approximate surface area is 366 Å². The van der Waals surface area contributed by atoms with Gasteiger partial charge in [0.1, 0.15) is 11.2 Å². The quantitative estimate of drug-likeness (QED) is 0.153. The first-order chi connectivity index (χ1) is 31.2. The highest BCUT2D eigenvalue weighted by Gasteiger charge is 2.20. The minimum absolute atomic E-state index is 0.892. The molecule has 0 unspecified atom stereocenters. The van der Waals surface area contributed by atoms with Gasteiger partial charge in [-0.15, -0.1) is 0 Å². The maximum absolute atomic E-state index is 6.56. The van der Waals surface area contributed by atoms with Crippen LogP contribution in [0.5, 0.6) is 0 Å². The molecule has 0 fully saturated rings. The van der Waals surface area contributed by atoms with E-state index in [1.165, 1.54) is 32.9 Å². The molecule has 0 aliphatic carbocycles. The van der Waals surface area contributed by atoms with Crippen molar-refractivity contribution >= 4 is 60.8 Å². The van der Waals surface area contributed by atoms with Crippen molar-refractivity contribution < 1.29 is 4.42 Å². The summed E-state index contributed by atoms with van der Waals surface area (Å²) in [7, 11) is 0. The second-order valence-electron chi connectivity index (χ2n) is 16.1. The van der Waals surface area contributed by atoms with Gasteiger partial charge in [-0.2, -0.15) is 0 Å².